The molecule has 144 valence electrons. The molecule has 1 aliphatic rings. The zero-order chi connectivity index (χ0) is 19.6. The number of piperazine rings is 1. The first kappa shape index (κ1) is 18.7. The zero-order valence-corrected chi connectivity index (χ0v) is 15.6. The standard InChI is InChI=1S/C18H23N5O4/c1-4-21-7-8-22(17(25)16(21)24)18(26)19-11-14(15-6-5-9-27-15)23-13(3)10-12(2)20-23/h5-6,9-10,14H,4,7-8,11H2,1-3H3,(H,19,26)/t14-/m1/s1. The molecular weight excluding hydrogens is 350 g/mol. The first-order chi connectivity index (χ1) is 12.9. The van der Waals surface area contributed by atoms with Crippen LogP contribution in [0.15, 0.2) is 28.9 Å². The van der Waals surface area contributed by atoms with Gasteiger partial charge in [0.2, 0.25) is 0 Å². The molecule has 0 aliphatic carbocycles. The zero-order valence-electron chi connectivity index (χ0n) is 15.6. The molecule has 27 heavy (non-hydrogen) atoms. The Kier molecular flexibility index (Phi) is 5.29. The number of aryl methyl sites for hydroxylation is 2. The van der Waals surface area contributed by atoms with Gasteiger partial charge in [-0.15, -0.1) is 0 Å². The van der Waals surface area contributed by atoms with Gasteiger partial charge in [0, 0.05) is 31.9 Å². The van der Waals surface area contributed by atoms with E-state index in [9.17, 15) is 14.4 Å². The number of rotatable bonds is 5. The van der Waals surface area contributed by atoms with Crippen LogP contribution in [0.5, 0.6) is 0 Å². The maximum atomic E-state index is 12.5. The highest BCUT2D eigenvalue weighted by molar-refractivity contribution is 6.38. The summed E-state index contributed by atoms with van der Waals surface area (Å²) >= 11 is 0. The fraction of sp³-hybridized carbons (Fsp3) is 0.444. The molecule has 0 bridgehead atoms. The molecule has 2 aromatic heterocycles. The summed E-state index contributed by atoms with van der Waals surface area (Å²) in [6, 6.07) is 4.55. The van der Waals surface area contributed by atoms with Gasteiger partial charge in [0.1, 0.15) is 11.8 Å². The molecule has 1 fully saturated rings. The van der Waals surface area contributed by atoms with Gasteiger partial charge in [0.05, 0.1) is 12.0 Å². The van der Waals surface area contributed by atoms with Crippen LogP contribution < -0.4 is 5.32 Å². The number of nitrogens with one attached hydrogen (secondary N) is 1. The molecule has 0 aromatic carbocycles. The Balaban J connectivity index is 1.72. The van der Waals surface area contributed by atoms with Gasteiger partial charge in [-0.25, -0.2) is 4.79 Å². The van der Waals surface area contributed by atoms with Crippen LogP contribution in [0.3, 0.4) is 0 Å². The number of urea groups is 1. The fourth-order valence-corrected chi connectivity index (χ4v) is 3.20. The van der Waals surface area contributed by atoms with Crippen molar-refractivity contribution in [1.29, 1.82) is 0 Å². The van der Waals surface area contributed by atoms with E-state index in [1.165, 1.54) is 4.90 Å². The maximum Gasteiger partial charge on any atom is 0.324 e. The van der Waals surface area contributed by atoms with Crippen LogP contribution in [0.25, 0.3) is 0 Å². The van der Waals surface area contributed by atoms with E-state index >= 15 is 0 Å². The van der Waals surface area contributed by atoms with Crippen LogP contribution in [-0.4, -0.2) is 63.6 Å². The summed E-state index contributed by atoms with van der Waals surface area (Å²) < 4.78 is 7.28. The molecule has 0 saturated carbocycles. The molecule has 9 nitrogen and oxygen atoms in total. The minimum Gasteiger partial charge on any atom is -0.467 e. The van der Waals surface area contributed by atoms with E-state index in [0.717, 1.165) is 16.3 Å². The number of hydrogen-bond donors (Lipinski definition) is 1. The van der Waals surface area contributed by atoms with Crippen LogP contribution in [0.4, 0.5) is 4.79 Å². The molecular formula is C18H23N5O4. The van der Waals surface area contributed by atoms with Crippen LogP contribution in [0.1, 0.15) is 30.1 Å². The highest BCUT2D eigenvalue weighted by Gasteiger charge is 2.35. The normalized spacial score (nSPS) is 16.0. The summed E-state index contributed by atoms with van der Waals surface area (Å²) in [5.74, 6) is -0.819. The first-order valence-electron chi connectivity index (χ1n) is 8.87. The SMILES string of the molecule is CCN1CCN(C(=O)NC[C@H](c2ccco2)n2nc(C)cc2C)C(=O)C1=O. The Bertz CT molecular complexity index is 842. The lowest BCUT2D eigenvalue weighted by molar-refractivity contribution is -0.153. The third kappa shape index (κ3) is 3.71. The molecule has 9 heteroatoms. The van der Waals surface area contributed by atoms with Crippen LogP contribution in [0, 0.1) is 13.8 Å². The van der Waals surface area contributed by atoms with Crippen molar-refractivity contribution in [3.8, 4) is 0 Å². The van der Waals surface area contributed by atoms with Crippen molar-refractivity contribution in [3.05, 3.63) is 41.6 Å². The van der Waals surface area contributed by atoms with Gasteiger partial charge >= 0.3 is 17.8 Å². The molecule has 1 saturated heterocycles. The number of furan rings is 1. The van der Waals surface area contributed by atoms with Crippen molar-refractivity contribution in [2.24, 2.45) is 0 Å². The molecule has 1 atom stereocenters. The Morgan fingerprint density at radius 3 is 2.67 bits per heavy atom. The molecule has 0 radical (unpaired) electrons. The first-order valence-corrected chi connectivity index (χ1v) is 8.87. The van der Waals surface area contributed by atoms with Crippen molar-refractivity contribution < 1.29 is 18.8 Å². The summed E-state index contributed by atoms with van der Waals surface area (Å²) in [5, 5.41) is 7.20. The molecule has 3 rings (SSSR count). The van der Waals surface area contributed by atoms with Gasteiger partial charge in [0.15, 0.2) is 0 Å². The average Bonchev–Trinajstić information content (AvgIpc) is 3.27. The minimum atomic E-state index is -0.804. The van der Waals surface area contributed by atoms with Crippen molar-refractivity contribution >= 4 is 17.8 Å². The summed E-state index contributed by atoms with van der Waals surface area (Å²) in [7, 11) is 0. The largest absolute Gasteiger partial charge is 0.467 e. The Morgan fingerprint density at radius 1 is 1.30 bits per heavy atom. The molecule has 3 heterocycles. The van der Waals surface area contributed by atoms with Crippen LogP contribution >= 0.6 is 0 Å². The van der Waals surface area contributed by atoms with E-state index in [0.29, 0.717) is 18.8 Å². The quantitative estimate of drug-likeness (QED) is 0.791. The topological polar surface area (TPSA) is 101 Å². The van der Waals surface area contributed by atoms with Gasteiger partial charge in [-0.05, 0) is 39.0 Å². The Labute approximate surface area is 156 Å². The van der Waals surface area contributed by atoms with E-state index in [-0.39, 0.29) is 19.1 Å². The number of nitrogens with zero attached hydrogens (tertiary/aromatic N) is 4. The third-order valence-electron chi connectivity index (χ3n) is 4.59. The van der Waals surface area contributed by atoms with E-state index in [2.05, 4.69) is 10.4 Å². The van der Waals surface area contributed by atoms with E-state index in [4.69, 9.17) is 4.42 Å². The maximum absolute atomic E-state index is 12.5. The summed E-state index contributed by atoms with van der Waals surface area (Å²) in [6.07, 6.45) is 1.56. The monoisotopic (exact) mass is 373 g/mol. The Morgan fingerprint density at radius 2 is 2.07 bits per heavy atom. The second-order valence-corrected chi connectivity index (χ2v) is 6.43. The lowest BCUT2D eigenvalue weighted by Crippen LogP contribution is -2.58. The number of aromatic nitrogens is 2. The number of amides is 4. The van der Waals surface area contributed by atoms with Crippen molar-refractivity contribution in [3.63, 3.8) is 0 Å². The summed E-state index contributed by atoms with van der Waals surface area (Å²) in [4.78, 5) is 39.1. The highest BCUT2D eigenvalue weighted by atomic mass is 16.3. The lowest BCUT2D eigenvalue weighted by atomic mass is 10.2. The van der Waals surface area contributed by atoms with Gasteiger partial charge in [-0.1, -0.05) is 0 Å². The number of hydrogen-bond acceptors (Lipinski definition) is 5. The predicted octanol–water partition coefficient (Wildman–Crippen LogP) is 1.08. The molecule has 0 spiro atoms. The fourth-order valence-electron chi connectivity index (χ4n) is 3.20. The number of imide groups is 1. The van der Waals surface area contributed by atoms with E-state index in [1.807, 2.05) is 26.0 Å². The molecule has 1 aliphatic heterocycles. The van der Waals surface area contributed by atoms with E-state index < -0.39 is 17.8 Å². The number of carbonyl (C=O) groups is 3. The third-order valence-corrected chi connectivity index (χ3v) is 4.59. The lowest BCUT2D eigenvalue weighted by Gasteiger charge is -2.32. The number of carbonyl (C=O) groups excluding carboxylic acids is 3. The average molecular weight is 373 g/mol. The second-order valence-electron chi connectivity index (χ2n) is 6.43. The van der Waals surface area contributed by atoms with Crippen molar-refractivity contribution in [2.75, 3.05) is 26.2 Å². The summed E-state index contributed by atoms with van der Waals surface area (Å²) in [6.45, 7) is 6.73. The van der Waals surface area contributed by atoms with Gasteiger partial charge in [-0.3, -0.25) is 19.2 Å². The predicted molar refractivity (Wildman–Crippen MR) is 95.9 cm³/mol. The highest BCUT2D eigenvalue weighted by Crippen LogP contribution is 2.20. The van der Waals surface area contributed by atoms with Crippen molar-refractivity contribution in [2.45, 2.75) is 26.8 Å². The second kappa shape index (κ2) is 7.65. The minimum absolute atomic E-state index is 0.170. The van der Waals surface area contributed by atoms with Crippen molar-refractivity contribution in [1.82, 2.24) is 24.9 Å². The molecule has 0 unspecified atom stereocenters. The van der Waals surface area contributed by atoms with Gasteiger partial charge in [0.25, 0.3) is 0 Å². The molecule has 4 amide bonds. The van der Waals surface area contributed by atoms with Crippen LogP contribution in [0.2, 0.25) is 0 Å². The smallest absolute Gasteiger partial charge is 0.324 e. The molecule has 2 aromatic rings. The van der Waals surface area contributed by atoms with Gasteiger partial charge < -0.3 is 14.6 Å². The number of likely N-dealkylation sites (N-methyl/N-ethyl adjacent to an activating group) is 1. The van der Waals surface area contributed by atoms with E-state index in [1.54, 1.807) is 23.9 Å². The van der Waals surface area contributed by atoms with Crippen LogP contribution in [-0.2, 0) is 9.59 Å². The Hall–Kier alpha value is -3.10. The summed E-state index contributed by atoms with van der Waals surface area (Å²) in [5.41, 5.74) is 1.78. The van der Waals surface area contributed by atoms with Gasteiger partial charge in [-0.2, -0.15) is 5.10 Å². The molecule has 1 N–H and O–H groups in total.